The van der Waals surface area contributed by atoms with Gasteiger partial charge in [0.05, 0.1) is 23.8 Å². The number of ether oxygens (including phenoxy) is 1. The molecule has 0 spiro atoms. The van der Waals surface area contributed by atoms with Gasteiger partial charge in [0.15, 0.2) is 0 Å². The Labute approximate surface area is 93.3 Å². The monoisotopic (exact) mass is 218 g/mol. The first-order valence-corrected chi connectivity index (χ1v) is 5.39. The molecule has 84 valence electrons. The Bertz CT molecular complexity index is 560. The number of nitrogens with one attached hydrogen (secondary N) is 1. The van der Waals surface area contributed by atoms with Crippen molar-refractivity contribution in [1.29, 1.82) is 0 Å². The number of aromatic amines is 1. The van der Waals surface area contributed by atoms with E-state index in [1.807, 2.05) is 13.0 Å². The molecule has 4 nitrogen and oxygen atoms in total. The van der Waals surface area contributed by atoms with Crippen LogP contribution >= 0.6 is 0 Å². The maximum Gasteiger partial charge on any atom is 0.258 e. The molecule has 0 fully saturated rings. The fourth-order valence-electron chi connectivity index (χ4n) is 1.70. The summed E-state index contributed by atoms with van der Waals surface area (Å²) in [6.07, 6.45) is 2.28. The van der Waals surface area contributed by atoms with Crippen LogP contribution in [-0.4, -0.2) is 16.6 Å². The van der Waals surface area contributed by atoms with Gasteiger partial charge in [0.25, 0.3) is 5.56 Å². The third-order valence-electron chi connectivity index (χ3n) is 2.50. The van der Waals surface area contributed by atoms with Crippen molar-refractivity contribution in [2.75, 3.05) is 6.61 Å². The van der Waals surface area contributed by atoms with Crippen LogP contribution in [0.2, 0.25) is 0 Å². The van der Waals surface area contributed by atoms with Crippen LogP contribution in [-0.2, 0) is 6.42 Å². The second-order valence-electron chi connectivity index (χ2n) is 3.50. The predicted octanol–water partition coefficient (Wildman–Crippen LogP) is 1.88. The molecule has 0 aliphatic heterocycles. The van der Waals surface area contributed by atoms with Gasteiger partial charge in [0.2, 0.25) is 0 Å². The third kappa shape index (κ3) is 1.78. The minimum Gasteiger partial charge on any atom is -0.494 e. The summed E-state index contributed by atoms with van der Waals surface area (Å²) in [7, 11) is 0. The van der Waals surface area contributed by atoms with Gasteiger partial charge in [-0.25, -0.2) is 4.98 Å². The molecular weight excluding hydrogens is 204 g/mol. The Kier molecular flexibility index (Phi) is 2.90. The molecule has 1 aromatic heterocycles. The normalized spacial score (nSPS) is 10.6. The molecule has 2 rings (SSSR count). The summed E-state index contributed by atoms with van der Waals surface area (Å²) in [5.74, 6) is 0.774. The highest BCUT2D eigenvalue weighted by Gasteiger charge is 2.07. The van der Waals surface area contributed by atoms with Gasteiger partial charge in [-0.05, 0) is 31.0 Å². The topological polar surface area (TPSA) is 55.0 Å². The zero-order valence-corrected chi connectivity index (χ0v) is 9.41. The van der Waals surface area contributed by atoms with Crippen LogP contribution in [0.15, 0.2) is 23.3 Å². The number of rotatable bonds is 3. The highest BCUT2D eigenvalue weighted by Crippen LogP contribution is 2.23. The molecule has 1 N–H and O–H groups in total. The van der Waals surface area contributed by atoms with E-state index in [0.717, 1.165) is 17.7 Å². The third-order valence-corrected chi connectivity index (χ3v) is 2.50. The van der Waals surface area contributed by atoms with E-state index in [-0.39, 0.29) is 5.56 Å². The second kappa shape index (κ2) is 4.35. The van der Waals surface area contributed by atoms with E-state index in [4.69, 9.17) is 4.74 Å². The van der Waals surface area contributed by atoms with Gasteiger partial charge in [-0.1, -0.05) is 6.92 Å². The lowest BCUT2D eigenvalue weighted by atomic mass is 10.1. The van der Waals surface area contributed by atoms with Crippen molar-refractivity contribution >= 4 is 10.9 Å². The Balaban J connectivity index is 2.70. The Hall–Kier alpha value is -1.84. The fraction of sp³-hybridized carbons (Fsp3) is 0.333. The summed E-state index contributed by atoms with van der Waals surface area (Å²) in [6.45, 7) is 4.57. The number of nitrogens with zero attached hydrogens (tertiary/aromatic N) is 1. The summed E-state index contributed by atoms with van der Waals surface area (Å²) in [5.41, 5.74) is 1.66. The maximum absolute atomic E-state index is 11.6. The number of benzene rings is 1. The highest BCUT2D eigenvalue weighted by atomic mass is 16.5. The summed E-state index contributed by atoms with van der Waals surface area (Å²) >= 11 is 0. The zero-order chi connectivity index (χ0) is 11.5. The maximum atomic E-state index is 11.6. The van der Waals surface area contributed by atoms with Gasteiger partial charge in [-0.15, -0.1) is 0 Å². The average molecular weight is 218 g/mol. The first-order valence-electron chi connectivity index (χ1n) is 5.39. The molecule has 1 aromatic carbocycles. The number of hydrogen-bond acceptors (Lipinski definition) is 3. The SMILES string of the molecule is CCOc1cc2c(=O)[nH]cnc2cc1CC. The molecule has 2 aromatic rings. The van der Waals surface area contributed by atoms with Crippen LogP contribution < -0.4 is 10.3 Å². The predicted molar refractivity (Wildman–Crippen MR) is 62.9 cm³/mol. The van der Waals surface area contributed by atoms with Gasteiger partial charge in [-0.3, -0.25) is 4.79 Å². The van der Waals surface area contributed by atoms with E-state index in [0.29, 0.717) is 17.5 Å². The van der Waals surface area contributed by atoms with Crippen LogP contribution in [0.3, 0.4) is 0 Å². The van der Waals surface area contributed by atoms with Crippen LogP contribution in [0, 0.1) is 0 Å². The second-order valence-corrected chi connectivity index (χ2v) is 3.50. The molecule has 0 bridgehead atoms. The molecule has 0 aliphatic rings. The van der Waals surface area contributed by atoms with Gasteiger partial charge < -0.3 is 9.72 Å². The summed E-state index contributed by atoms with van der Waals surface area (Å²) in [4.78, 5) is 18.3. The largest absolute Gasteiger partial charge is 0.494 e. The Morgan fingerprint density at radius 1 is 1.38 bits per heavy atom. The van der Waals surface area contributed by atoms with Crippen molar-refractivity contribution < 1.29 is 4.74 Å². The van der Waals surface area contributed by atoms with Crippen molar-refractivity contribution in [3.05, 3.63) is 34.4 Å². The number of fused-ring (bicyclic) bond motifs is 1. The molecule has 0 saturated carbocycles. The van der Waals surface area contributed by atoms with Crippen LogP contribution in [0.5, 0.6) is 5.75 Å². The van der Waals surface area contributed by atoms with E-state index in [9.17, 15) is 4.79 Å². The number of aryl methyl sites for hydroxylation is 1. The summed E-state index contributed by atoms with van der Waals surface area (Å²) in [6, 6.07) is 3.68. The lowest BCUT2D eigenvalue weighted by molar-refractivity contribution is 0.337. The van der Waals surface area contributed by atoms with E-state index in [1.54, 1.807) is 6.07 Å². The van der Waals surface area contributed by atoms with Crippen molar-refractivity contribution in [2.45, 2.75) is 20.3 Å². The molecule has 0 aliphatic carbocycles. The van der Waals surface area contributed by atoms with Gasteiger partial charge in [0, 0.05) is 0 Å². The minimum absolute atomic E-state index is 0.131. The minimum atomic E-state index is -0.131. The van der Waals surface area contributed by atoms with Gasteiger partial charge in [-0.2, -0.15) is 0 Å². The van der Waals surface area contributed by atoms with E-state index in [2.05, 4.69) is 16.9 Å². The molecule has 4 heteroatoms. The van der Waals surface area contributed by atoms with E-state index >= 15 is 0 Å². The average Bonchev–Trinajstić information content (AvgIpc) is 2.30. The van der Waals surface area contributed by atoms with Crippen LogP contribution in [0.1, 0.15) is 19.4 Å². The standard InChI is InChI=1S/C12H14N2O2/c1-3-8-5-10-9(6-11(8)16-4-2)12(15)14-7-13-10/h5-7H,3-4H2,1-2H3,(H,13,14,15). The van der Waals surface area contributed by atoms with Gasteiger partial charge in [0.1, 0.15) is 5.75 Å². The quantitative estimate of drug-likeness (QED) is 0.855. The molecular formula is C12H14N2O2. The van der Waals surface area contributed by atoms with Crippen molar-refractivity contribution in [3.63, 3.8) is 0 Å². The lowest BCUT2D eigenvalue weighted by Gasteiger charge is -2.09. The molecule has 0 saturated heterocycles. The smallest absolute Gasteiger partial charge is 0.258 e. The molecule has 1 heterocycles. The molecule has 0 radical (unpaired) electrons. The molecule has 16 heavy (non-hydrogen) atoms. The number of aromatic nitrogens is 2. The number of hydrogen-bond donors (Lipinski definition) is 1. The first-order chi connectivity index (χ1) is 7.76. The van der Waals surface area contributed by atoms with Crippen molar-refractivity contribution in [1.82, 2.24) is 9.97 Å². The molecule has 0 atom stereocenters. The van der Waals surface area contributed by atoms with Crippen molar-refractivity contribution in [2.24, 2.45) is 0 Å². The first kappa shape index (κ1) is 10.7. The Morgan fingerprint density at radius 3 is 2.88 bits per heavy atom. The van der Waals surface area contributed by atoms with Crippen LogP contribution in [0.4, 0.5) is 0 Å². The van der Waals surface area contributed by atoms with E-state index in [1.165, 1.54) is 6.33 Å². The lowest BCUT2D eigenvalue weighted by Crippen LogP contribution is -2.07. The highest BCUT2D eigenvalue weighted by molar-refractivity contribution is 5.80. The zero-order valence-electron chi connectivity index (χ0n) is 9.41. The number of H-pyrrole nitrogens is 1. The van der Waals surface area contributed by atoms with Crippen LogP contribution in [0.25, 0.3) is 10.9 Å². The summed E-state index contributed by atoms with van der Waals surface area (Å²) in [5, 5.41) is 0.572. The fourth-order valence-corrected chi connectivity index (χ4v) is 1.70. The van der Waals surface area contributed by atoms with E-state index < -0.39 is 0 Å². The molecule has 0 unspecified atom stereocenters. The van der Waals surface area contributed by atoms with Gasteiger partial charge >= 0.3 is 0 Å². The Morgan fingerprint density at radius 2 is 2.19 bits per heavy atom. The summed E-state index contributed by atoms with van der Waals surface area (Å²) < 4.78 is 5.51. The van der Waals surface area contributed by atoms with Crippen molar-refractivity contribution in [3.8, 4) is 5.75 Å². The molecule has 0 amide bonds.